The lowest BCUT2D eigenvalue weighted by atomic mass is 10.0. The fraction of sp³-hybridized carbons (Fsp3) is 0.636. The third-order valence-corrected chi connectivity index (χ3v) is 7.17. The molecule has 1 aliphatic carbocycles. The number of hydrogen-bond donors (Lipinski definition) is 1. The number of piperidine rings is 1. The van der Waals surface area contributed by atoms with Gasteiger partial charge in [0.2, 0.25) is 5.91 Å². The van der Waals surface area contributed by atoms with Gasteiger partial charge in [0, 0.05) is 32.1 Å². The van der Waals surface area contributed by atoms with Crippen LogP contribution in [0.2, 0.25) is 0 Å². The highest BCUT2D eigenvalue weighted by Gasteiger charge is 2.24. The van der Waals surface area contributed by atoms with Crippen molar-refractivity contribution in [1.29, 1.82) is 0 Å². The first-order valence-corrected chi connectivity index (χ1v) is 11.4. The Labute approximate surface area is 166 Å². The van der Waals surface area contributed by atoms with E-state index in [0.29, 0.717) is 12.5 Å². The van der Waals surface area contributed by atoms with Gasteiger partial charge in [-0.1, -0.05) is 25.0 Å². The number of carbonyl (C=O) groups excluding carboxylic acids is 1. The predicted molar refractivity (Wildman–Crippen MR) is 112 cm³/mol. The summed E-state index contributed by atoms with van der Waals surface area (Å²) in [6.45, 7) is 3.57. The van der Waals surface area contributed by atoms with Crippen molar-refractivity contribution in [3.05, 3.63) is 29.3 Å². The van der Waals surface area contributed by atoms with Crippen LogP contribution in [0.25, 0.3) is 10.2 Å². The summed E-state index contributed by atoms with van der Waals surface area (Å²) in [7, 11) is 0. The number of fused-ring (bicyclic) bond motifs is 1. The Kier molecular flexibility index (Phi) is 6.40. The number of rotatable bonds is 7. The smallest absolute Gasteiger partial charge is 0.220 e. The minimum absolute atomic E-state index is 0.213. The zero-order valence-electron chi connectivity index (χ0n) is 16.2. The molecule has 5 heteroatoms. The van der Waals surface area contributed by atoms with Crippen LogP contribution in [0.3, 0.4) is 0 Å². The molecule has 2 aromatic rings. The summed E-state index contributed by atoms with van der Waals surface area (Å²) in [6, 6.07) is 8.62. The molecular formula is C22H31N3OS. The number of aryl methyl sites for hydroxylation is 1. The summed E-state index contributed by atoms with van der Waals surface area (Å²) in [5.74, 6) is 1.14. The molecule has 2 aliphatic rings. The van der Waals surface area contributed by atoms with Gasteiger partial charge in [0.15, 0.2) is 0 Å². The van der Waals surface area contributed by atoms with Crippen molar-refractivity contribution >= 4 is 27.5 Å². The number of likely N-dealkylation sites (tertiary alicyclic amines) is 1. The number of thiazole rings is 1. The quantitative estimate of drug-likeness (QED) is 0.769. The number of aromatic nitrogens is 1. The van der Waals surface area contributed by atoms with Crippen molar-refractivity contribution in [2.45, 2.75) is 63.8 Å². The third-order valence-electron chi connectivity index (χ3n) is 6.08. The highest BCUT2D eigenvalue weighted by molar-refractivity contribution is 7.18. The number of amides is 1. The van der Waals surface area contributed by atoms with Crippen LogP contribution in [-0.2, 0) is 11.2 Å². The molecule has 2 heterocycles. The highest BCUT2D eigenvalue weighted by Crippen LogP contribution is 2.26. The van der Waals surface area contributed by atoms with E-state index in [2.05, 4.69) is 33.4 Å². The second kappa shape index (κ2) is 9.16. The average Bonchev–Trinajstić information content (AvgIpc) is 3.32. The molecule has 0 radical (unpaired) electrons. The summed E-state index contributed by atoms with van der Waals surface area (Å²) < 4.78 is 1.24. The number of benzene rings is 1. The molecule has 4 rings (SSSR count). The Morgan fingerprint density at radius 2 is 1.93 bits per heavy atom. The number of nitrogens with one attached hydrogen (secondary N) is 1. The first-order chi connectivity index (χ1) is 13.3. The normalized spacial score (nSPS) is 19.7. The Hall–Kier alpha value is -1.46. The molecule has 1 aromatic carbocycles. The average molecular weight is 386 g/mol. The molecule has 1 amide bonds. The summed E-state index contributed by atoms with van der Waals surface area (Å²) in [4.78, 5) is 19.6. The summed E-state index contributed by atoms with van der Waals surface area (Å²) in [6.07, 6.45) is 10.3. The van der Waals surface area contributed by atoms with E-state index in [9.17, 15) is 4.79 Å². The lowest BCUT2D eigenvalue weighted by Crippen LogP contribution is -2.45. The van der Waals surface area contributed by atoms with E-state index < -0.39 is 0 Å². The molecule has 1 aromatic heterocycles. The van der Waals surface area contributed by atoms with Crippen LogP contribution in [-0.4, -0.2) is 41.5 Å². The summed E-state index contributed by atoms with van der Waals surface area (Å²) in [5.41, 5.74) is 1.08. The molecule has 146 valence electrons. The van der Waals surface area contributed by atoms with Gasteiger partial charge in [0.05, 0.1) is 15.2 Å². The summed E-state index contributed by atoms with van der Waals surface area (Å²) in [5, 5.41) is 4.41. The monoisotopic (exact) mass is 385 g/mol. The molecule has 27 heavy (non-hydrogen) atoms. The van der Waals surface area contributed by atoms with E-state index in [-0.39, 0.29) is 5.91 Å². The van der Waals surface area contributed by atoms with Crippen LogP contribution >= 0.6 is 11.3 Å². The van der Waals surface area contributed by atoms with Crippen molar-refractivity contribution in [3.63, 3.8) is 0 Å². The molecule has 1 aliphatic heterocycles. The van der Waals surface area contributed by atoms with Gasteiger partial charge in [0.25, 0.3) is 0 Å². The van der Waals surface area contributed by atoms with Crippen molar-refractivity contribution in [2.75, 3.05) is 19.6 Å². The predicted octanol–water partition coefficient (Wildman–Crippen LogP) is 4.39. The molecule has 0 spiro atoms. The fourth-order valence-electron chi connectivity index (χ4n) is 4.54. The summed E-state index contributed by atoms with van der Waals surface area (Å²) >= 11 is 1.75. The molecule has 0 unspecified atom stereocenters. The first-order valence-electron chi connectivity index (χ1n) is 10.6. The second-order valence-corrected chi connectivity index (χ2v) is 9.34. The Bertz CT molecular complexity index is 712. The highest BCUT2D eigenvalue weighted by atomic mass is 32.1. The zero-order chi connectivity index (χ0) is 18.5. The maximum Gasteiger partial charge on any atom is 0.220 e. The van der Waals surface area contributed by atoms with E-state index in [1.54, 1.807) is 11.3 Å². The van der Waals surface area contributed by atoms with Crippen molar-refractivity contribution in [2.24, 2.45) is 5.92 Å². The van der Waals surface area contributed by atoms with Gasteiger partial charge >= 0.3 is 0 Å². The van der Waals surface area contributed by atoms with Crippen LogP contribution in [0.4, 0.5) is 0 Å². The van der Waals surface area contributed by atoms with Gasteiger partial charge in [-0.2, -0.15) is 0 Å². The van der Waals surface area contributed by atoms with Gasteiger partial charge in [-0.15, -0.1) is 11.3 Å². The molecule has 2 fully saturated rings. The molecule has 0 atom stereocenters. The molecule has 4 nitrogen and oxygen atoms in total. The van der Waals surface area contributed by atoms with Gasteiger partial charge < -0.3 is 10.2 Å². The van der Waals surface area contributed by atoms with Gasteiger partial charge in [-0.3, -0.25) is 4.79 Å². The molecule has 0 bridgehead atoms. The van der Waals surface area contributed by atoms with Crippen LogP contribution < -0.4 is 5.32 Å². The van der Waals surface area contributed by atoms with Gasteiger partial charge in [-0.25, -0.2) is 4.98 Å². The molecular weight excluding hydrogens is 354 g/mol. The number of hydrogen-bond acceptors (Lipinski definition) is 4. The largest absolute Gasteiger partial charge is 0.353 e. The Morgan fingerprint density at radius 1 is 1.15 bits per heavy atom. The Morgan fingerprint density at radius 3 is 2.70 bits per heavy atom. The fourth-order valence-corrected chi connectivity index (χ4v) is 5.55. The minimum Gasteiger partial charge on any atom is -0.353 e. The zero-order valence-corrected chi connectivity index (χ0v) is 17.0. The van der Waals surface area contributed by atoms with E-state index in [1.165, 1.54) is 36.9 Å². The van der Waals surface area contributed by atoms with E-state index in [4.69, 9.17) is 0 Å². The first kappa shape index (κ1) is 18.9. The van der Waals surface area contributed by atoms with E-state index >= 15 is 0 Å². The van der Waals surface area contributed by atoms with Crippen molar-refractivity contribution in [1.82, 2.24) is 15.2 Å². The Balaban J connectivity index is 1.13. The maximum atomic E-state index is 12.3. The standard InChI is InChI=1S/C22H31N3OS/c26-21(10-5-11-22-24-19-8-3-4-9-20(19)27-22)23-18-12-14-25(15-13-18)16-17-6-1-2-7-17/h3-4,8-9,17-18H,1-2,5-7,10-16H2,(H,23,26). The molecule has 1 saturated carbocycles. The lowest BCUT2D eigenvalue weighted by molar-refractivity contribution is -0.122. The topological polar surface area (TPSA) is 45.2 Å². The van der Waals surface area contributed by atoms with Crippen LogP contribution in [0.15, 0.2) is 24.3 Å². The second-order valence-electron chi connectivity index (χ2n) is 8.22. The minimum atomic E-state index is 0.213. The lowest BCUT2D eigenvalue weighted by Gasteiger charge is -2.33. The number of para-hydroxylation sites is 1. The van der Waals surface area contributed by atoms with Gasteiger partial charge in [0.1, 0.15) is 0 Å². The van der Waals surface area contributed by atoms with Gasteiger partial charge in [-0.05, 0) is 56.6 Å². The van der Waals surface area contributed by atoms with E-state index in [1.807, 2.05) is 6.07 Å². The third kappa shape index (κ3) is 5.29. The SMILES string of the molecule is O=C(CCCc1nc2ccccc2s1)NC1CCN(CC2CCCC2)CC1. The molecule has 1 N–H and O–H groups in total. The van der Waals surface area contributed by atoms with Crippen LogP contribution in [0.1, 0.15) is 56.4 Å². The molecule has 1 saturated heterocycles. The number of carbonyl (C=O) groups is 1. The maximum absolute atomic E-state index is 12.3. The van der Waals surface area contributed by atoms with Crippen LogP contribution in [0, 0.1) is 5.92 Å². The van der Waals surface area contributed by atoms with Crippen molar-refractivity contribution < 1.29 is 4.79 Å². The van der Waals surface area contributed by atoms with Crippen molar-refractivity contribution in [3.8, 4) is 0 Å². The number of nitrogens with zero attached hydrogens (tertiary/aromatic N) is 2. The van der Waals surface area contributed by atoms with Crippen LogP contribution in [0.5, 0.6) is 0 Å². The van der Waals surface area contributed by atoms with E-state index in [0.717, 1.165) is 55.2 Å².